The predicted molar refractivity (Wildman–Crippen MR) is 87.0 cm³/mol. The van der Waals surface area contributed by atoms with E-state index in [0.717, 1.165) is 6.54 Å². The van der Waals surface area contributed by atoms with Gasteiger partial charge in [-0.3, -0.25) is 0 Å². The van der Waals surface area contributed by atoms with Gasteiger partial charge in [-0.25, -0.2) is 0 Å². The third-order valence-electron chi connectivity index (χ3n) is 4.42. The van der Waals surface area contributed by atoms with Crippen LogP contribution in [0.3, 0.4) is 0 Å². The first kappa shape index (κ1) is 14.9. The van der Waals surface area contributed by atoms with Crippen LogP contribution in [0.5, 0.6) is 0 Å². The Morgan fingerprint density at radius 1 is 1.16 bits per heavy atom. The van der Waals surface area contributed by atoms with Crippen molar-refractivity contribution in [3.05, 3.63) is 34.9 Å². The van der Waals surface area contributed by atoms with Crippen LogP contribution in [0.15, 0.2) is 18.2 Å². The van der Waals surface area contributed by atoms with Gasteiger partial charge in [0, 0.05) is 17.3 Å². The fourth-order valence-corrected chi connectivity index (χ4v) is 4.11. The SMILES string of the molecule is CSC1(CNC(C)c2cc(C)cc(C)c2)CCCC1. The molecule has 1 N–H and O–H groups in total. The van der Waals surface area contributed by atoms with Gasteiger partial charge < -0.3 is 5.32 Å². The van der Waals surface area contributed by atoms with Gasteiger partial charge in [-0.2, -0.15) is 11.8 Å². The van der Waals surface area contributed by atoms with Gasteiger partial charge in [0.25, 0.3) is 0 Å². The molecule has 0 spiro atoms. The first-order chi connectivity index (χ1) is 9.04. The molecule has 0 saturated heterocycles. The smallest absolute Gasteiger partial charge is 0.0292 e. The lowest BCUT2D eigenvalue weighted by Crippen LogP contribution is -2.36. The number of hydrogen-bond acceptors (Lipinski definition) is 2. The number of rotatable bonds is 5. The molecule has 0 heterocycles. The molecule has 0 bridgehead atoms. The lowest BCUT2D eigenvalue weighted by atomic mass is 10.0. The highest BCUT2D eigenvalue weighted by atomic mass is 32.2. The summed E-state index contributed by atoms with van der Waals surface area (Å²) in [4.78, 5) is 0. The van der Waals surface area contributed by atoms with Gasteiger partial charge in [0.05, 0.1) is 0 Å². The minimum absolute atomic E-state index is 0.447. The zero-order chi connectivity index (χ0) is 13.9. The molecule has 19 heavy (non-hydrogen) atoms. The van der Waals surface area contributed by atoms with Gasteiger partial charge in [0.1, 0.15) is 0 Å². The molecule has 1 fully saturated rings. The maximum Gasteiger partial charge on any atom is 0.0292 e. The van der Waals surface area contributed by atoms with Gasteiger partial charge in [-0.15, -0.1) is 0 Å². The number of hydrogen-bond donors (Lipinski definition) is 1. The Morgan fingerprint density at radius 3 is 2.26 bits per heavy atom. The largest absolute Gasteiger partial charge is 0.309 e. The van der Waals surface area contributed by atoms with Crippen molar-refractivity contribution < 1.29 is 0 Å². The molecule has 1 atom stereocenters. The Hall–Kier alpha value is -0.470. The molecule has 1 unspecified atom stereocenters. The number of thioether (sulfide) groups is 1. The molecule has 1 aliphatic rings. The summed E-state index contributed by atoms with van der Waals surface area (Å²) in [5.41, 5.74) is 4.15. The fraction of sp³-hybridized carbons (Fsp3) is 0.647. The van der Waals surface area contributed by atoms with Crippen LogP contribution < -0.4 is 5.32 Å². The summed E-state index contributed by atoms with van der Waals surface area (Å²) in [6.07, 6.45) is 7.83. The second kappa shape index (κ2) is 6.32. The Balaban J connectivity index is 1.98. The van der Waals surface area contributed by atoms with Crippen LogP contribution in [-0.2, 0) is 0 Å². The van der Waals surface area contributed by atoms with E-state index in [1.807, 2.05) is 0 Å². The van der Waals surface area contributed by atoms with Gasteiger partial charge >= 0.3 is 0 Å². The van der Waals surface area contributed by atoms with Gasteiger partial charge in [0.2, 0.25) is 0 Å². The summed E-state index contributed by atoms with van der Waals surface area (Å²) < 4.78 is 0.493. The van der Waals surface area contributed by atoms with E-state index in [4.69, 9.17) is 0 Å². The van der Waals surface area contributed by atoms with E-state index in [1.165, 1.54) is 42.4 Å². The first-order valence-electron chi connectivity index (χ1n) is 7.41. The maximum absolute atomic E-state index is 3.77. The van der Waals surface area contributed by atoms with E-state index >= 15 is 0 Å². The summed E-state index contributed by atoms with van der Waals surface area (Å²) in [5.74, 6) is 0. The third kappa shape index (κ3) is 3.76. The quantitative estimate of drug-likeness (QED) is 0.842. The van der Waals surface area contributed by atoms with Crippen molar-refractivity contribution in [2.24, 2.45) is 0 Å². The maximum atomic E-state index is 3.77. The molecular weight excluding hydrogens is 250 g/mol. The average molecular weight is 277 g/mol. The van der Waals surface area contributed by atoms with Crippen molar-refractivity contribution in [2.45, 2.75) is 57.2 Å². The fourth-order valence-electron chi connectivity index (χ4n) is 3.19. The van der Waals surface area contributed by atoms with E-state index in [1.54, 1.807) is 0 Å². The van der Waals surface area contributed by atoms with E-state index in [9.17, 15) is 0 Å². The lowest BCUT2D eigenvalue weighted by molar-refractivity contribution is 0.486. The third-order valence-corrected chi connectivity index (χ3v) is 5.84. The molecule has 1 aromatic rings. The average Bonchev–Trinajstić information content (AvgIpc) is 2.84. The minimum atomic E-state index is 0.447. The molecule has 1 aromatic carbocycles. The Kier molecular flexibility index (Phi) is 4.97. The zero-order valence-electron chi connectivity index (χ0n) is 12.8. The van der Waals surface area contributed by atoms with Crippen LogP contribution in [0.25, 0.3) is 0 Å². The van der Waals surface area contributed by atoms with Crippen molar-refractivity contribution in [1.82, 2.24) is 5.32 Å². The topological polar surface area (TPSA) is 12.0 Å². The molecule has 1 nitrogen and oxygen atoms in total. The highest BCUT2D eigenvalue weighted by Crippen LogP contribution is 2.40. The molecule has 0 amide bonds. The van der Waals surface area contributed by atoms with Gasteiger partial charge in [-0.05, 0) is 45.4 Å². The van der Waals surface area contributed by atoms with Crippen LogP contribution in [0.1, 0.15) is 55.3 Å². The van der Waals surface area contributed by atoms with Crippen molar-refractivity contribution in [1.29, 1.82) is 0 Å². The van der Waals surface area contributed by atoms with Crippen LogP contribution in [-0.4, -0.2) is 17.5 Å². The predicted octanol–water partition coefficient (Wildman–Crippen LogP) is 4.63. The number of nitrogens with one attached hydrogen (secondary N) is 1. The van der Waals surface area contributed by atoms with Crippen LogP contribution >= 0.6 is 11.8 Å². The van der Waals surface area contributed by atoms with Crippen LogP contribution in [0.4, 0.5) is 0 Å². The summed E-state index contributed by atoms with van der Waals surface area (Å²) in [6, 6.07) is 7.32. The molecule has 0 aliphatic heterocycles. The molecule has 2 heteroatoms. The number of aryl methyl sites for hydroxylation is 2. The van der Waals surface area contributed by atoms with Crippen molar-refractivity contribution in [3.8, 4) is 0 Å². The molecule has 0 radical (unpaired) electrons. The Bertz CT molecular complexity index is 401. The van der Waals surface area contributed by atoms with E-state index < -0.39 is 0 Å². The highest BCUT2D eigenvalue weighted by Gasteiger charge is 2.32. The van der Waals surface area contributed by atoms with Gasteiger partial charge in [0.15, 0.2) is 0 Å². The first-order valence-corrected chi connectivity index (χ1v) is 8.64. The standard InChI is InChI=1S/C17H27NS/c1-13-9-14(2)11-16(10-13)15(3)18-12-17(19-4)7-5-6-8-17/h9-11,15,18H,5-8,12H2,1-4H3. The summed E-state index contributed by atoms with van der Waals surface area (Å²) in [5, 5.41) is 3.77. The monoisotopic (exact) mass is 277 g/mol. The second-order valence-corrected chi connectivity index (χ2v) is 7.39. The summed E-state index contributed by atoms with van der Waals surface area (Å²) in [7, 11) is 0. The van der Waals surface area contributed by atoms with Gasteiger partial charge in [-0.1, -0.05) is 42.2 Å². The zero-order valence-corrected chi connectivity index (χ0v) is 13.6. The van der Waals surface area contributed by atoms with Crippen LogP contribution in [0.2, 0.25) is 0 Å². The second-order valence-electron chi connectivity index (χ2n) is 6.12. The molecular formula is C17H27NS. The molecule has 106 valence electrons. The van der Waals surface area contributed by atoms with Crippen molar-refractivity contribution >= 4 is 11.8 Å². The highest BCUT2D eigenvalue weighted by molar-refractivity contribution is 8.00. The molecule has 2 rings (SSSR count). The Morgan fingerprint density at radius 2 is 1.74 bits per heavy atom. The van der Waals surface area contributed by atoms with Crippen molar-refractivity contribution in [2.75, 3.05) is 12.8 Å². The molecule has 0 aromatic heterocycles. The summed E-state index contributed by atoms with van der Waals surface area (Å²) >= 11 is 2.06. The lowest BCUT2D eigenvalue weighted by Gasteiger charge is -2.29. The molecule has 1 saturated carbocycles. The van der Waals surface area contributed by atoms with Crippen LogP contribution in [0, 0.1) is 13.8 Å². The van der Waals surface area contributed by atoms with Crippen molar-refractivity contribution in [3.63, 3.8) is 0 Å². The normalized spacial score (nSPS) is 19.6. The minimum Gasteiger partial charge on any atom is -0.309 e. The van der Waals surface area contributed by atoms with E-state index in [-0.39, 0.29) is 0 Å². The number of benzene rings is 1. The Labute approximate surface area is 122 Å². The van der Waals surface area contributed by atoms with E-state index in [0.29, 0.717) is 10.8 Å². The van der Waals surface area contributed by atoms with E-state index in [2.05, 4.69) is 62.3 Å². The summed E-state index contributed by atoms with van der Waals surface area (Å²) in [6.45, 7) is 7.80. The molecule has 1 aliphatic carbocycles.